The zero-order valence-electron chi connectivity index (χ0n) is 7.93. The largest absolute Gasteiger partial charge is 0.303 e. The Kier molecular flexibility index (Phi) is 2.97. The molecule has 0 atom stereocenters. The minimum atomic E-state index is 0.411. The van der Waals surface area contributed by atoms with E-state index in [1.807, 2.05) is 30.5 Å². The van der Waals surface area contributed by atoms with Gasteiger partial charge in [0.25, 0.3) is 0 Å². The Morgan fingerprint density at radius 2 is 2.33 bits per heavy atom. The van der Waals surface area contributed by atoms with E-state index in [4.69, 9.17) is 0 Å². The summed E-state index contributed by atoms with van der Waals surface area (Å²) in [6.07, 6.45) is 4.85. The van der Waals surface area contributed by atoms with Crippen molar-refractivity contribution in [3.63, 3.8) is 0 Å². The summed E-state index contributed by atoms with van der Waals surface area (Å²) in [5.41, 5.74) is 1.89. The highest BCUT2D eigenvalue weighted by Gasteiger charge is 2.00. The normalized spacial score (nSPS) is 10.2. The van der Waals surface area contributed by atoms with Crippen LogP contribution in [0.1, 0.15) is 5.56 Å². The molecule has 76 valence electrons. The average molecular weight is 265 g/mol. The lowest BCUT2D eigenvalue weighted by Gasteiger charge is -2.00. The van der Waals surface area contributed by atoms with Crippen LogP contribution in [0.15, 0.2) is 41.1 Å². The van der Waals surface area contributed by atoms with E-state index in [2.05, 4.69) is 21.0 Å². The molecule has 3 nitrogen and oxygen atoms in total. The van der Waals surface area contributed by atoms with Gasteiger partial charge in [0, 0.05) is 17.1 Å². The highest BCUT2D eigenvalue weighted by Crippen LogP contribution is 2.15. The maximum atomic E-state index is 10.3. The Balaban J connectivity index is 2.32. The van der Waals surface area contributed by atoms with Gasteiger partial charge in [-0.2, -0.15) is 5.10 Å². The van der Waals surface area contributed by atoms with E-state index in [0.29, 0.717) is 6.42 Å². The molecule has 0 bridgehead atoms. The fourth-order valence-electron chi connectivity index (χ4n) is 1.32. The van der Waals surface area contributed by atoms with E-state index in [9.17, 15) is 4.79 Å². The highest BCUT2D eigenvalue weighted by molar-refractivity contribution is 9.10. The molecular weight excluding hydrogens is 256 g/mol. The van der Waals surface area contributed by atoms with Crippen molar-refractivity contribution in [3.8, 4) is 5.69 Å². The third-order valence-electron chi connectivity index (χ3n) is 2.03. The molecule has 2 aromatic rings. The van der Waals surface area contributed by atoms with Crippen LogP contribution in [0.3, 0.4) is 0 Å². The Bertz CT molecular complexity index is 479. The fourth-order valence-corrected chi connectivity index (χ4v) is 1.71. The smallest absolute Gasteiger partial charge is 0.124 e. The average Bonchev–Trinajstić information content (AvgIpc) is 2.67. The lowest BCUT2D eigenvalue weighted by Crippen LogP contribution is -1.93. The van der Waals surface area contributed by atoms with Gasteiger partial charge in [0.2, 0.25) is 0 Å². The van der Waals surface area contributed by atoms with E-state index < -0.39 is 0 Å². The second kappa shape index (κ2) is 4.40. The Morgan fingerprint density at radius 3 is 3.07 bits per heavy atom. The van der Waals surface area contributed by atoms with Crippen molar-refractivity contribution in [2.45, 2.75) is 6.42 Å². The number of nitrogens with zero attached hydrogens (tertiary/aromatic N) is 2. The molecule has 1 heterocycles. The van der Waals surface area contributed by atoms with Crippen LogP contribution in [0.25, 0.3) is 5.69 Å². The van der Waals surface area contributed by atoms with E-state index in [1.165, 1.54) is 0 Å². The van der Waals surface area contributed by atoms with Crippen molar-refractivity contribution >= 4 is 22.2 Å². The van der Waals surface area contributed by atoms with Crippen molar-refractivity contribution in [1.29, 1.82) is 0 Å². The van der Waals surface area contributed by atoms with Gasteiger partial charge < -0.3 is 4.79 Å². The van der Waals surface area contributed by atoms with Gasteiger partial charge in [0.1, 0.15) is 6.29 Å². The van der Waals surface area contributed by atoms with Crippen LogP contribution < -0.4 is 0 Å². The molecule has 0 saturated carbocycles. The molecule has 15 heavy (non-hydrogen) atoms. The minimum absolute atomic E-state index is 0.411. The molecule has 4 heteroatoms. The number of aromatic nitrogens is 2. The summed E-state index contributed by atoms with van der Waals surface area (Å²) in [5, 5.41) is 4.18. The summed E-state index contributed by atoms with van der Waals surface area (Å²) in [6, 6.07) is 7.83. The first kappa shape index (κ1) is 10.1. The van der Waals surface area contributed by atoms with Crippen molar-refractivity contribution in [1.82, 2.24) is 9.78 Å². The monoisotopic (exact) mass is 264 g/mol. The summed E-state index contributed by atoms with van der Waals surface area (Å²) in [4.78, 5) is 10.3. The molecule has 0 aliphatic rings. The number of aldehydes is 1. The number of hydrogen-bond acceptors (Lipinski definition) is 2. The van der Waals surface area contributed by atoms with E-state index >= 15 is 0 Å². The van der Waals surface area contributed by atoms with E-state index in [0.717, 1.165) is 22.0 Å². The van der Waals surface area contributed by atoms with Crippen LogP contribution in [-0.4, -0.2) is 16.1 Å². The maximum Gasteiger partial charge on any atom is 0.124 e. The standard InChI is InChI=1S/C11H9BrN2O/c12-10-2-1-3-11(6-10)14-8-9(4-5-15)7-13-14/h1-3,5-8H,4H2. The molecule has 0 N–H and O–H groups in total. The lowest BCUT2D eigenvalue weighted by molar-refractivity contribution is -0.107. The zero-order chi connectivity index (χ0) is 10.7. The molecule has 0 fully saturated rings. The van der Waals surface area contributed by atoms with Gasteiger partial charge >= 0.3 is 0 Å². The molecule has 0 aliphatic carbocycles. The third-order valence-corrected chi connectivity index (χ3v) is 2.52. The summed E-state index contributed by atoms with van der Waals surface area (Å²) in [6.45, 7) is 0. The van der Waals surface area contributed by atoms with Gasteiger partial charge in [-0.15, -0.1) is 0 Å². The van der Waals surface area contributed by atoms with Gasteiger partial charge in [-0.25, -0.2) is 4.68 Å². The molecule has 0 aliphatic heterocycles. The second-order valence-corrected chi connectivity index (χ2v) is 4.06. The van der Waals surface area contributed by atoms with E-state index in [-0.39, 0.29) is 0 Å². The van der Waals surface area contributed by atoms with Crippen molar-refractivity contribution < 1.29 is 4.79 Å². The summed E-state index contributed by atoms with van der Waals surface area (Å²) in [7, 11) is 0. The van der Waals surface area contributed by atoms with Gasteiger partial charge in [-0.1, -0.05) is 22.0 Å². The SMILES string of the molecule is O=CCc1cnn(-c2cccc(Br)c2)c1. The Hall–Kier alpha value is -1.42. The quantitative estimate of drug-likeness (QED) is 0.798. The predicted molar refractivity (Wildman–Crippen MR) is 61.0 cm³/mol. The van der Waals surface area contributed by atoms with Gasteiger partial charge in [0.05, 0.1) is 11.9 Å². The van der Waals surface area contributed by atoms with Gasteiger partial charge in [-0.3, -0.25) is 0 Å². The van der Waals surface area contributed by atoms with E-state index in [1.54, 1.807) is 10.9 Å². The first-order chi connectivity index (χ1) is 7.29. The summed E-state index contributed by atoms with van der Waals surface area (Å²) < 4.78 is 2.76. The number of rotatable bonds is 3. The molecule has 2 rings (SSSR count). The second-order valence-electron chi connectivity index (χ2n) is 3.14. The van der Waals surface area contributed by atoms with Crippen molar-refractivity contribution in [2.75, 3.05) is 0 Å². The number of carbonyl (C=O) groups is 1. The predicted octanol–water partition coefficient (Wildman–Crippen LogP) is 2.38. The van der Waals surface area contributed by atoms with Crippen molar-refractivity contribution in [3.05, 3.63) is 46.7 Å². The number of carbonyl (C=O) groups excluding carboxylic acids is 1. The molecule has 0 radical (unpaired) electrons. The molecular formula is C11H9BrN2O. The lowest BCUT2D eigenvalue weighted by atomic mass is 10.3. The van der Waals surface area contributed by atoms with Crippen molar-refractivity contribution in [2.24, 2.45) is 0 Å². The maximum absolute atomic E-state index is 10.3. The number of hydrogen-bond donors (Lipinski definition) is 0. The molecule has 0 unspecified atom stereocenters. The Morgan fingerprint density at radius 1 is 1.47 bits per heavy atom. The third kappa shape index (κ3) is 2.33. The minimum Gasteiger partial charge on any atom is -0.303 e. The van der Waals surface area contributed by atoms with Crippen LogP contribution in [0.2, 0.25) is 0 Å². The van der Waals surface area contributed by atoms with Gasteiger partial charge in [-0.05, 0) is 23.8 Å². The molecule has 1 aromatic heterocycles. The van der Waals surface area contributed by atoms with Crippen LogP contribution in [-0.2, 0) is 11.2 Å². The molecule has 0 spiro atoms. The highest BCUT2D eigenvalue weighted by atomic mass is 79.9. The summed E-state index contributed by atoms with van der Waals surface area (Å²) >= 11 is 3.40. The fraction of sp³-hybridized carbons (Fsp3) is 0.0909. The number of benzene rings is 1. The van der Waals surface area contributed by atoms with Crippen LogP contribution in [0, 0.1) is 0 Å². The van der Waals surface area contributed by atoms with Crippen LogP contribution in [0.4, 0.5) is 0 Å². The molecule has 0 amide bonds. The van der Waals surface area contributed by atoms with Crippen LogP contribution in [0.5, 0.6) is 0 Å². The summed E-state index contributed by atoms with van der Waals surface area (Å²) in [5.74, 6) is 0. The Labute approximate surface area is 95.9 Å². The van der Waals surface area contributed by atoms with Crippen LogP contribution >= 0.6 is 15.9 Å². The topological polar surface area (TPSA) is 34.9 Å². The van der Waals surface area contributed by atoms with Gasteiger partial charge in [0.15, 0.2) is 0 Å². The first-order valence-corrected chi connectivity index (χ1v) is 5.32. The number of halogens is 1. The molecule has 1 aromatic carbocycles. The zero-order valence-corrected chi connectivity index (χ0v) is 9.52. The first-order valence-electron chi connectivity index (χ1n) is 4.53. The molecule has 0 saturated heterocycles.